The van der Waals surface area contributed by atoms with Crippen LogP contribution in [0, 0.1) is 0 Å². The van der Waals surface area contributed by atoms with E-state index in [-0.39, 0.29) is 12.4 Å². The van der Waals surface area contributed by atoms with Crippen LogP contribution in [0.4, 0.5) is 0 Å². The maximum absolute atomic E-state index is 10.2. The van der Waals surface area contributed by atoms with Crippen LogP contribution >= 0.6 is 24.2 Å². The van der Waals surface area contributed by atoms with E-state index in [1.807, 2.05) is 0 Å². The van der Waals surface area contributed by atoms with Gasteiger partial charge in [-0.3, -0.25) is 4.79 Å². The number of carboxylic acids is 1. The highest BCUT2D eigenvalue weighted by Gasteiger charge is 2.09. The zero-order valence-electron chi connectivity index (χ0n) is 7.16. The van der Waals surface area contributed by atoms with Crippen LogP contribution in [-0.2, 0) is 4.79 Å². The molecule has 0 saturated carbocycles. The molecule has 0 aliphatic rings. The zero-order valence-corrected chi connectivity index (χ0v) is 8.79. The van der Waals surface area contributed by atoms with E-state index in [2.05, 4.69) is 6.92 Å². The summed E-state index contributed by atoms with van der Waals surface area (Å²) in [4.78, 5) is 10.2. The molecule has 0 unspecified atom stereocenters. The first-order valence-electron chi connectivity index (χ1n) is 3.74. The fraction of sp³-hybridized carbons (Fsp3) is 0.857. The van der Waals surface area contributed by atoms with Crippen LogP contribution in [0.15, 0.2) is 0 Å². The Morgan fingerprint density at radius 1 is 1.67 bits per heavy atom. The van der Waals surface area contributed by atoms with E-state index in [0.29, 0.717) is 5.75 Å². The summed E-state index contributed by atoms with van der Waals surface area (Å²) in [5, 5.41) is 8.40. The summed E-state index contributed by atoms with van der Waals surface area (Å²) in [6.07, 6.45) is 2.28. The number of carboxylic acid groups (broad SMARTS) is 1. The van der Waals surface area contributed by atoms with Crippen molar-refractivity contribution in [1.29, 1.82) is 0 Å². The van der Waals surface area contributed by atoms with E-state index < -0.39 is 12.0 Å². The van der Waals surface area contributed by atoms with Crippen molar-refractivity contribution in [2.24, 2.45) is 5.73 Å². The summed E-state index contributed by atoms with van der Waals surface area (Å²) in [6, 6.07) is -0.697. The highest BCUT2D eigenvalue weighted by Crippen LogP contribution is 2.05. The molecular formula is C7H16ClNO2S. The standard InChI is InChI=1S/C7H15NO2S.ClH/c1-2-3-4-11-5-6(8)7(9)10;/h6H,2-5,8H2,1H3,(H,9,10);1H/t6-;/m0./s1. The van der Waals surface area contributed by atoms with Gasteiger partial charge < -0.3 is 10.8 Å². The molecule has 0 amide bonds. The lowest BCUT2D eigenvalue weighted by atomic mass is 10.4. The molecule has 5 heteroatoms. The number of nitrogens with two attached hydrogens (primary N) is 1. The molecule has 0 spiro atoms. The van der Waals surface area contributed by atoms with Gasteiger partial charge in [-0.05, 0) is 12.2 Å². The molecule has 12 heavy (non-hydrogen) atoms. The van der Waals surface area contributed by atoms with Gasteiger partial charge in [0, 0.05) is 5.75 Å². The van der Waals surface area contributed by atoms with Crippen molar-refractivity contribution in [3.05, 3.63) is 0 Å². The number of halogens is 1. The number of hydrogen-bond donors (Lipinski definition) is 2. The average Bonchev–Trinajstić information content (AvgIpc) is 1.97. The Labute approximate surface area is 83.5 Å². The highest BCUT2D eigenvalue weighted by molar-refractivity contribution is 7.99. The number of thioether (sulfide) groups is 1. The van der Waals surface area contributed by atoms with E-state index >= 15 is 0 Å². The topological polar surface area (TPSA) is 63.3 Å². The van der Waals surface area contributed by atoms with Gasteiger partial charge in [-0.15, -0.1) is 12.4 Å². The van der Waals surface area contributed by atoms with Crippen LogP contribution in [0.5, 0.6) is 0 Å². The van der Waals surface area contributed by atoms with Gasteiger partial charge in [-0.1, -0.05) is 13.3 Å². The maximum atomic E-state index is 10.2. The third-order valence-corrected chi connectivity index (χ3v) is 2.43. The van der Waals surface area contributed by atoms with Crippen LogP contribution in [0.25, 0.3) is 0 Å². The summed E-state index contributed by atoms with van der Waals surface area (Å²) in [5.41, 5.74) is 5.28. The van der Waals surface area contributed by atoms with Crippen LogP contribution in [0.2, 0.25) is 0 Å². The van der Waals surface area contributed by atoms with Gasteiger partial charge in [-0.25, -0.2) is 0 Å². The zero-order chi connectivity index (χ0) is 8.69. The summed E-state index contributed by atoms with van der Waals surface area (Å²) < 4.78 is 0. The molecular weight excluding hydrogens is 198 g/mol. The lowest BCUT2D eigenvalue weighted by Crippen LogP contribution is -2.32. The Bertz CT molecular complexity index is 124. The smallest absolute Gasteiger partial charge is 0.321 e. The Morgan fingerprint density at radius 3 is 2.67 bits per heavy atom. The molecule has 0 bridgehead atoms. The molecule has 0 aliphatic heterocycles. The minimum absolute atomic E-state index is 0. The molecule has 0 aromatic heterocycles. The molecule has 0 fully saturated rings. The number of carbonyl (C=O) groups is 1. The first kappa shape index (κ1) is 14.6. The number of hydrogen-bond acceptors (Lipinski definition) is 3. The van der Waals surface area contributed by atoms with Gasteiger partial charge in [0.05, 0.1) is 0 Å². The number of rotatable bonds is 6. The lowest BCUT2D eigenvalue weighted by molar-refractivity contribution is -0.137. The van der Waals surface area contributed by atoms with Crippen molar-refractivity contribution in [2.45, 2.75) is 25.8 Å². The molecule has 0 rings (SSSR count). The summed E-state index contributed by atoms with van der Waals surface area (Å²) in [6.45, 7) is 2.11. The molecule has 0 heterocycles. The molecule has 0 saturated heterocycles. The van der Waals surface area contributed by atoms with Crippen LogP contribution < -0.4 is 5.73 Å². The molecule has 1 atom stereocenters. The quantitative estimate of drug-likeness (QED) is 0.654. The van der Waals surface area contributed by atoms with Crippen molar-refractivity contribution >= 4 is 30.1 Å². The maximum Gasteiger partial charge on any atom is 0.321 e. The second-order valence-corrected chi connectivity index (χ2v) is 3.52. The van der Waals surface area contributed by atoms with E-state index in [1.54, 1.807) is 11.8 Å². The van der Waals surface area contributed by atoms with Gasteiger partial charge in [0.2, 0.25) is 0 Å². The lowest BCUT2D eigenvalue weighted by Gasteiger charge is -2.04. The van der Waals surface area contributed by atoms with E-state index in [4.69, 9.17) is 10.8 Å². The fourth-order valence-electron chi connectivity index (χ4n) is 0.528. The molecule has 74 valence electrons. The van der Waals surface area contributed by atoms with Crippen molar-refractivity contribution in [3.8, 4) is 0 Å². The summed E-state index contributed by atoms with van der Waals surface area (Å²) in [5.74, 6) is 0.626. The second kappa shape index (κ2) is 9.16. The van der Waals surface area contributed by atoms with Crippen molar-refractivity contribution in [3.63, 3.8) is 0 Å². The average molecular weight is 214 g/mol. The van der Waals surface area contributed by atoms with E-state index in [0.717, 1.165) is 18.6 Å². The second-order valence-electron chi connectivity index (χ2n) is 2.37. The van der Waals surface area contributed by atoms with Gasteiger partial charge in [-0.2, -0.15) is 11.8 Å². The largest absolute Gasteiger partial charge is 0.480 e. The van der Waals surface area contributed by atoms with Gasteiger partial charge in [0.25, 0.3) is 0 Å². The normalized spacial score (nSPS) is 11.8. The first-order chi connectivity index (χ1) is 5.18. The Morgan fingerprint density at radius 2 is 2.25 bits per heavy atom. The third-order valence-electron chi connectivity index (χ3n) is 1.26. The molecule has 0 aliphatic carbocycles. The van der Waals surface area contributed by atoms with Crippen molar-refractivity contribution in [1.82, 2.24) is 0 Å². The summed E-state index contributed by atoms with van der Waals surface area (Å²) >= 11 is 1.61. The highest BCUT2D eigenvalue weighted by atomic mass is 35.5. The number of aliphatic carboxylic acids is 1. The molecule has 0 aromatic carbocycles. The Kier molecular flexibility index (Phi) is 11.1. The van der Waals surface area contributed by atoms with Gasteiger partial charge in [0.15, 0.2) is 0 Å². The van der Waals surface area contributed by atoms with Crippen LogP contribution in [0.1, 0.15) is 19.8 Å². The predicted molar refractivity (Wildman–Crippen MR) is 55.1 cm³/mol. The van der Waals surface area contributed by atoms with Gasteiger partial charge >= 0.3 is 5.97 Å². The fourth-order valence-corrected chi connectivity index (χ4v) is 1.58. The van der Waals surface area contributed by atoms with Crippen molar-refractivity contribution in [2.75, 3.05) is 11.5 Å². The molecule has 0 aromatic rings. The van der Waals surface area contributed by atoms with E-state index in [1.165, 1.54) is 0 Å². The summed E-state index contributed by atoms with van der Waals surface area (Å²) in [7, 11) is 0. The van der Waals surface area contributed by atoms with Crippen LogP contribution in [-0.4, -0.2) is 28.6 Å². The minimum Gasteiger partial charge on any atom is -0.480 e. The molecule has 3 nitrogen and oxygen atoms in total. The van der Waals surface area contributed by atoms with Crippen LogP contribution in [0.3, 0.4) is 0 Å². The molecule has 3 N–H and O–H groups in total. The SMILES string of the molecule is CCCCSC[C@H](N)C(=O)O.Cl. The predicted octanol–water partition coefficient (Wildman–Crippen LogP) is 1.35. The monoisotopic (exact) mass is 213 g/mol. The Balaban J connectivity index is 0. The van der Waals surface area contributed by atoms with E-state index in [9.17, 15) is 4.79 Å². The number of unbranched alkanes of at least 4 members (excludes halogenated alkanes) is 1. The third kappa shape index (κ3) is 8.17. The first-order valence-corrected chi connectivity index (χ1v) is 4.90. The Hall–Kier alpha value is 0.0700. The minimum atomic E-state index is -0.908. The molecule has 0 radical (unpaired) electrons. The van der Waals surface area contributed by atoms with Crippen molar-refractivity contribution < 1.29 is 9.90 Å². The van der Waals surface area contributed by atoms with Gasteiger partial charge in [0.1, 0.15) is 6.04 Å².